The zero-order valence-corrected chi connectivity index (χ0v) is 46.8. The van der Waals surface area contributed by atoms with Crippen LogP contribution in [0.25, 0.3) is 74.1 Å². The van der Waals surface area contributed by atoms with Crippen molar-refractivity contribution in [2.75, 3.05) is 9.80 Å². The average molecular weight is 1040 g/mol. The molecule has 390 valence electrons. The number of rotatable bonds is 11. The van der Waals surface area contributed by atoms with Gasteiger partial charge >= 0.3 is 0 Å². The Morgan fingerprint density at radius 3 is 1.00 bits per heavy atom. The van der Waals surface area contributed by atoms with E-state index < -0.39 is 0 Å². The summed E-state index contributed by atoms with van der Waals surface area (Å²) in [6.07, 6.45) is 9.12. The number of para-hydroxylation sites is 3. The molecule has 0 N–H and O–H groups in total. The maximum absolute atomic E-state index is 2.41. The second-order valence-corrected chi connectivity index (χ2v) is 23.2. The largest absolute Gasteiger partial charge is 0.310 e. The molecule has 1 heterocycles. The van der Waals surface area contributed by atoms with Gasteiger partial charge in [-0.15, -0.1) is 0 Å². The van der Waals surface area contributed by atoms with Crippen molar-refractivity contribution in [3.05, 3.63) is 304 Å². The quantitative estimate of drug-likeness (QED) is 0.120. The highest BCUT2D eigenvalue weighted by molar-refractivity contribution is 6.11. The molecule has 11 aromatic carbocycles. The Bertz CT molecular complexity index is 4180. The molecule has 0 aliphatic heterocycles. The summed E-state index contributed by atoms with van der Waals surface area (Å²) >= 11 is 0. The lowest BCUT2D eigenvalue weighted by molar-refractivity contribution is 0.660. The molecule has 0 radical (unpaired) electrons. The van der Waals surface area contributed by atoms with Gasteiger partial charge in [-0.3, -0.25) is 0 Å². The molecule has 3 heteroatoms. The second kappa shape index (κ2) is 19.6. The van der Waals surface area contributed by atoms with E-state index in [2.05, 4.69) is 329 Å². The molecule has 0 saturated heterocycles. The van der Waals surface area contributed by atoms with Crippen LogP contribution in [0, 0.1) is 13.8 Å². The summed E-state index contributed by atoms with van der Waals surface area (Å²) in [5.74, 6) is 0. The molecule has 3 nitrogen and oxygen atoms in total. The number of hydrogen-bond acceptors (Lipinski definition) is 2. The first kappa shape index (κ1) is 49.6. The Hall–Kier alpha value is -9.70. The lowest BCUT2D eigenvalue weighted by atomic mass is 9.81. The van der Waals surface area contributed by atoms with Crippen LogP contribution in [0.5, 0.6) is 0 Å². The lowest BCUT2D eigenvalue weighted by Gasteiger charge is -2.28. The van der Waals surface area contributed by atoms with Gasteiger partial charge in [0.05, 0.1) is 11.0 Å². The fraction of sp³-hybridized carbons (Fsp3) is 0.103. The van der Waals surface area contributed by atoms with Crippen LogP contribution in [-0.2, 0) is 10.8 Å². The monoisotopic (exact) mass is 1040 g/mol. The molecule has 0 saturated carbocycles. The lowest BCUT2D eigenvalue weighted by Crippen LogP contribution is -2.16. The molecule has 1 aromatic heterocycles. The minimum Gasteiger partial charge on any atom is -0.310 e. The third-order valence-electron chi connectivity index (χ3n) is 17.3. The van der Waals surface area contributed by atoms with E-state index in [9.17, 15) is 0 Å². The molecule has 0 unspecified atom stereocenters. The Labute approximate surface area is 476 Å². The van der Waals surface area contributed by atoms with Crippen LogP contribution >= 0.6 is 0 Å². The van der Waals surface area contributed by atoms with E-state index in [1.807, 2.05) is 0 Å². The second-order valence-electron chi connectivity index (χ2n) is 23.2. The molecule has 0 spiro atoms. The van der Waals surface area contributed by atoms with Crippen molar-refractivity contribution < 1.29 is 0 Å². The summed E-state index contributed by atoms with van der Waals surface area (Å²) in [4.78, 5) is 4.74. The summed E-state index contributed by atoms with van der Waals surface area (Å²) in [6, 6.07) is 91.7. The smallest absolute Gasteiger partial charge is 0.0541 e. The van der Waals surface area contributed by atoms with E-state index in [4.69, 9.17) is 0 Å². The number of fused-ring (bicyclic) bond motifs is 9. The van der Waals surface area contributed by atoms with Gasteiger partial charge in [0.1, 0.15) is 0 Å². The number of aryl methyl sites for hydroxylation is 2. The zero-order chi connectivity index (χ0) is 55.0. The molecule has 0 amide bonds. The Balaban J connectivity index is 0.761. The zero-order valence-electron chi connectivity index (χ0n) is 46.8. The molecular weight excluding hydrogens is 979 g/mol. The van der Waals surface area contributed by atoms with E-state index in [-0.39, 0.29) is 10.8 Å². The highest BCUT2D eigenvalue weighted by Crippen LogP contribution is 2.53. The van der Waals surface area contributed by atoms with Gasteiger partial charge in [0.2, 0.25) is 0 Å². The molecular formula is C78H63N3. The van der Waals surface area contributed by atoms with Gasteiger partial charge in [0, 0.05) is 61.4 Å². The standard InChI is InChI=1S/C78H63N3/c1-52-22-34-61(35-23-52)79(58-16-10-7-11-17-58)63-38-42-67-65-40-30-56(48-71(65)77(3,4)73(67)50-63)28-26-54-32-44-75-69(46-54)70-47-55(33-45-76(70)81(75)60-20-14-9-15-21-60)27-29-57-31-41-66-68-43-39-64(51-74(68)78(5,6)72(66)49-57)80(59-18-12-8-13-19-59)62-36-24-53(2)25-37-62/h7-51H,1-6H3/b28-26+,29-27+. The maximum Gasteiger partial charge on any atom is 0.0541 e. The van der Waals surface area contributed by atoms with Crippen molar-refractivity contribution in [2.24, 2.45) is 0 Å². The van der Waals surface area contributed by atoms with E-state index >= 15 is 0 Å². The van der Waals surface area contributed by atoms with Crippen LogP contribution in [0.3, 0.4) is 0 Å². The predicted molar refractivity (Wildman–Crippen MR) is 345 cm³/mol. The first-order chi connectivity index (χ1) is 39.5. The van der Waals surface area contributed by atoms with Crippen LogP contribution in [0.4, 0.5) is 34.1 Å². The molecule has 0 bridgehead atoms. The van der Waals surface area contributed by atoms with Gasteiger partial charge in [0.15, 0.2) is 0 Å². The minimum absolute atomic E-state index is 0.188. The van der Waals surface area contributed by atoms with Gasteiger partial charge < -0.3 is 14.4 Å². The topological polar surface area (TPSA) is 11.4 Å². The first-order valence-electron chi connectivity index (χ1n) is 28.4. The normalized spacial score (nSPS) is 13.7. The van der Waals surface area contributed by atoms with Gasteiger partial charge in [-0.25, -0.2) is 0 Å². The van der Waals surface area contributed by atoms with Crippen molar-refractivity contribution in [3.8, 4) is 27.9 Å². The predicted octanol–water partition coefficient (Wildman–Crippen LogP) is 21.3. The van der Waals surface area contributed by atoms with Crippen LogP contribution in [-0.4, -0.2) is 4.57 Å². The van der Waals surface area contributed by atoms with E-state index in [1.165, 1.54) is 88.6 Å². The molecule has 0 fully saturated rings. The van der Waals surface area contributed by atoms with Crippen molar-refractivity contribution in [3.63, 3.8) is 0 Å². The fourth-order valence-corrected chi connectivity index (χ4v) is 12.9. The summed E-state index contributed by atoms with van der Waals surface area (Å²) in [6.45, 7) is 13.8. The Kier molecular flexibility index (Phi) is 12.0. The minimum atomic E-state index is -0.188. The Morgan fingerprint density at radius 2 is 0.605 bits per heavy atom. The van der Waals surface area contributed by atoms with E-state index in [1.54, 1.807) is 0 Å². The SMILES string of the molecule is Cc1ccc(N(c2ccccc2)c2ccc3c(c2)C(C)(C)c2cc(/C=C/c4ccc5c(c4)c4cc(/C=C/c6ccc7c(c6)C(C)(C)c6cc(N(c8ccccc8)c8ccc(C)cc8)ccc6-7)ccc4n5-c4ccccc4)ccc2-3)cc1. The maximum atomic E-state index is 2.41. The molecule has 0 atom stereocenters. The van der Waals surface area contributed by atoms with Gasteiger partial charge in [-0.2, -0.15) is 0 Å². The molecule has 14 rings (SSSR count). The summed E-state index contributed by atoms with van der Waals surface area (Å²) in [7, 11) is 0. The first-order valence-corrected chi connectivity index (χ1v) is 28.4. The van der Waals surface area contributed by atoms with Crippen LogP contribution in [0.15, 0.2) is 249 Å². The molecule has 2 aliphatic rings. The van der Waals surface area contributed by atoms with Gasteiger partial charge in [-0.05, 0) is 190 Å². The van der Waals surface area contributed by atoms with Gasteiger partial charge in [-0.1, -0.05) is 203 Å². The fourth-order valence-electron chi connectivity index (χ4n) is 12.9. The number of hydrogen-bond donors (Lipinski definition) is 0. The summed E-state index contributed by atoms with van der Waals surface area (Å²) in [5.41, 5.74) is 27.9. The summed E-state index contributed by atoms with van der Waals surface area (Å²) in [5, 5.41) is 2.46. The highest BCUT2D eigenvalue weighted by atomic mass is 15.1. The number of anilines is 6. The third-order valence-corrected chi connectivity index (χ3v) is 17.3. The number of aromatic nitrogens is 1. The van der Waals surface area contributed by atoms with Crippen LogP contribution < -0.4 is 9.80 Å². The van der Waals surface area contributed by atoms with Crippen LogP contribution in [0.2, 0.25) is 0 Å². The average Bonchev–Trinajstić information content (AvgIpc) is 4.26. The van der Waals surface area contributed by atoms with Crippen molar-refractivity contribution >= 4 is 80.2 Å². The van der Waals surface area contributed by atoms with Crippen LogP contribution in [0.1, 0.15) is 83.3 Å². The van der Waals surface area contributed by atoms with Crippen molar-refractivity contribution in [2.45, 2.75) is 52.4 Å². The molecule has 2 aliphatic carbocycles. The Morgan fingerprint density at radius 1 is 0.296 bits per heavy atom. The van der Waals surface area contributed by atoms with Gasteiger partial charge in [0.25, 0.3) is 0 Å². The van der Waals surface area contributed by atoms with E-state index in [0.29, 0.717) is 0 Å². The summed E-state index contributed by atoms with van der Waals surface area (Å²) < 4.78 is 2.41. The molecule has 12 aromatic rings. The third kappa shape index (κ3) is 8.69. The molecule has 81 heavy (non-hydrogen) atoms. The number of benzene rings is 11. The highest BCUT2D eigenvalue weighted by Gasteiger charge is 2.38. The number of nitrogens with zero attached hydrogens (tertiary/aromatic N) is 3. The van der Waals surface area contributed by atoms with Crippen molar-refractivity contribution in [1.82, 2.24) is 4.57 Å². The van der Waals surface area contributed by atoms with Crippen molar-refractivity contribution in [1.29, 1.82) is 0 Å². The van der Waals surface area contributed by atoms with E-state index in [0.717, 1.165) is 50.9 Å².